The van der Waals surface area contributed by atoms with Crippen molar-refractivity contribution in [3.05, 3.63) is 15.0 Å². The third-order valence-electron chi connectivity index (χ3n) is 1.77. The van der Waals surface area contributed by atoms with Gasteiger partial charge >= 0.3 is 0 Å². The quantitative estimate of drug-likeness (QED) is 0.853. The number of aromatic nitrogens is 1. The van der Waals surface area contributed by atoms with E-state index in [1.54, 1.807) is 12.3 Å². The van der Waals surface area contributed by atoms with E-state index in [0.29, 0.717) is 9.61 Å². The zero-order chi connectivity index (χ0) is 11.7. The molecule has 0 saturated carbocycles. The van der Waals surface area contributed by atoms with Crippen LogP contribution >= 0.6 is 27.3 Å². The minimum Gasteiger partial charge on any atom is -0.319 e. The van der Waals surface area contributed by atoms with Crippen molar-refractivity contribution >= 4 is 37.3 Å². The Morgan fingerprint density at radius 1 is 1.73 bits per heavy atom. The lowest BCUT2D eigenvalue weighted by atomic mass is 10.1. The molecule has 1 aromatic rings. The molecule has 1 heterocycles. The molecule has 3 N–H and O–H groups in total. The number of thiazole rings is 1. The average Bonchev–Trinajstić information content (AvgIpc) is 2.51. The minimum atomic E-state index is -3.34. The van der Waals surface area contributed by atoms with Crippen molar-refractivity contribution in [2.75, 3.05) is 12.8 Å². The second kappa shape index (κ2) is 4.46. The SMILES string of the molecule is CNS(=O)(=O)C[C@](C)(N)c1nc(Br)cs1. The highest BCUT2D eigenvalue weighted by atomic mass is 79.9. The van der Waals surface area contributed by atoms with Crippen molar-refractivity contribution in [2.45, 2.75) is 12.5 Å². The van der Waals surface area contributed by atoms with Gasteiger partial charge in [0.1, 0.15) is 9.61 Å². The van der Waals surface area contributed by atoms with E-state index in [0.717, 1.165) is 0 Å². The molecule has 0 saturated heterocycles. The minimum absolute atomic E-state index is 0.184. The molecule has 1 rings (SSSR count). The molecule has 0 fully saturated rings. The zero-order valence-electron chi connectivity index (χ0n) is 8.32. The summed E-state index contributed by atoms with van der Waals surface area (Å²) in [6, 6.07) is 0. The van der Waals surface area contributed by atoms with Crippen molar-refractivity contribution in [3.63, 3.8) is 0 Å². The predicted octanol–water partition coefficient (Wildman–Crippen LogP) is 0.629. The summed E-state index contributed by atoms with van der Waals surface area (Å²) in [4.78, 5) is 4.12. The largest absolute Gasteiger partial charge is 0.319 e. The van der Waals surface area contributed by atoms with Crippen LogP contribution in [0.4, 0.5) is 0 Å². The molecule has 0 aromatic carbocycles. The van der Waals surface area contributed by atoms with Crippen LogP contribution < -0.4 is 10.5 Å². The number of nitrogens with zero attached hydrogens (tertiary/aromatic N) is 1. The van der Waals surface area contributed by atoms with Gasteiger partial charge in [0.15, 0.2) is 0 Å². The smallest absolute Gasteiger partial charge is 0.213 e. The van der Waals surface area contributed by atoms with Crippen molar-refractivity contribution in [1.29, 1.82) is 0 Å². The molecular formula is C7H12BrN3O2S2. The summed E-state index contributed by atoms with van der Waals surface area (Å²) in [7, 11) is -1.98. The standard InChI is InChI=1S/C7H12BrN3O2S2/c1-7(9,4-15(12,13)10-2)6-11-5(8)3-14-6/h3,10H,4,9H2,1-2H3/t7-/m0/s1. The molecular weight excluding hydrogens is 302 g/mol. The Morgan fingerprint density at radius 2 is 2.33 bits per heavy atom. The number of rotatable bonds is 4. The van der Waals surface area contributed by atoms with Crippen LogP contribution in [0.25, 0.3) is 0 Å². The molecule has 15 heavy (non-hydrogen) atoms. The molecule has 0 aliphatic carbocycles. The highest BCUT2D eigenvalue weighted by Crippen LogP contribution is 2.25. The van der Waals surface area contributed by atoms with Gasteiger partial charge in [0.05, 0.1) is 11.3 Å². The summed E-state index contributed by atoms with van der Waals surface area (Å²) < 4.78 is 25.6. The Bertz CT molecular complexity index is 441. The van der Waals surface area contributed by atoms with E-state index in [2.05, 4.69) is 25.6 Å². The van der Waals surface area contributed by atoms with E-state index in [1.807, 2.05) is 0 Å². The van der Waals surface area contributed by atoms with E-state index < -0.39 is 15.6 Å². The molecule has 0 amide bonds. The van der Waals surface area contributed by atoms with Crippen LogP contribution in [0.15, 0.2) is 9.98 Å². The summed E-state index contributed by atoms with van der Waals surface area (Å²) in [5.41, 5.74) is 4.95. The van der Waals surface area contributed by atoms with Crippen LogP contribution in [0.2, 0.25) is 0 Å². The van der Waals surface area contributed by atoms with E-state index in [4.69, 9.17) is 5.73 Å². The van der Waals surface area contributed by atoms with Gasteiger partial charge in [0.25, 0.3) is 0 Å². The number of sulfonamides is 1. The molecule has 0 radical (unpaired) electrons. The van der Waals surface area contributed by atoms with Crippen LogP contribution in [0, 0.1) is 0 Å². The fourth-order valence-electron chi connectivity index (χ4n) is 1.05. The molecule has 0 spiro atoms. The van der Waals surface area contributed by atoms with Gasteiger partial charge in [-0.15, -0.1) is 11.3 Å². The van der Waals surface area contributed by atoms with E-state index in [9.17, 15) is 8.42 Å². The number of hydrogen-bond donors (Lipinski definition) is 2. The second-order valence-electron chi connectivity index (χ2n) is 3.36. The first kappa shape index (κ1) is 13.0. The Balaban J connectivity index is 2.94. The first-order valence-electron chi connectivity index (χ1n) is 4.08. The van der Waals surface area contributed by atoms with Gasteiger partial charge in [-0.2, -0.15) is 0 Å². The molecule has 0 aliphatic rings. The Kier molecular flexibility index (Phi) is 3.88. The van der Waals surface area contributed by atoms with E-state index in [-0.39, 0.29) is 5.75 Å². The maximum absolute atomic E-state index is 11.4. The van der Waals surface area contributed by atoms with Gasteiger partial charge in [-0.3, -0.25) is 0 Å². The zero-order valence-corrected chi connectivity index (χ0v) is 11.5. The Hall–Kier alpha value is -0.0200. The summed E-state index contributed by atoms with van der Waals surface area (Å²) in [6.45, 7) is 1.65. The first-order chi connectivity index (χ1) is 6.77. The predicted molar refractivity (Wildman–Crippen MR) is 64.2 cm³/mol. The monoisotopic (exact) mass is 313 g/mol. The van der Waals surface area contributed by atoms with Crippen molar-refractivity contribution in [1.82, 2.24) is 9.71 Å². The van der Waals surface area contributed by atoms with Crippen LogP contribution in [0.5, 0.6) is 0 Å². The summed E-state index contributed by atoms with van der Waals surface area (Å²) in [6.07, 6.45) is 0. The Morgan fingerprint density at radius 3 is 2.73 bits per heavy atom. The molecule has 86 valence electrons. The summed E-state index contributed by atoms with van der Waals surface area (Å²) in [5, 5.41) is 2.36. The van der Waals surface area contributed by atoms with Gasteiger partial charge in [-0.25, -0.2) is 18.1 Å². The van der Waals surface area contributed by atoms with E-state index in [1.165, 1.54) is 18.4 Å². The second-order valence-corrected chi connectivity index (χ2v) is 6.95. The molecule has 8 heteroatoms. The third kappa shape index (κ3) is 3.49. The maximum atomic E-state index is 11.4. The maximum Gasteiger partial charge on any atom is 0.213 e. The van der Waals surface area contributed by atoms with Gasteiger partial charge in [-0.05, 0) is 29.9 Å². The topological polar surface area (TPSA) is 85.1 Å². The Labute approximate surface area is 101 Å². The summed E-state index contributed by atoms with van der Waals surface area (Å²) >= 11 is 4.53. The molecule has 0 aliphatic heterocycles. The van der Waals surface area contributed by atoms with Crippen molar-refractivity contribution in [2.24, 2.45) is 5.73 Å². The molecule has 5 nitrogen and oxygen atoms in total. The lowest BCUT2D eigenvalue weighted by Crippen LogP contribution is -2.43. The lowest BCUT2D eigenvalue weighted by Gasteiger charge is -2.21. The lowest BCUT2D eigenvalue weighted by molar-refractivity contribution is 0.521. The van der Waals surface area contributed by atoms with Gasteiger partial charge in [0.2, 0.25) is 10.0 Å². The van der Waals surface area contributed by atoms with Crippen LogP contribution in [-0.4, -0.2) is 26.2 Å². The fourth-order valence-corrected chi connectivity index (χ4v) is 3.54. The number of nitrogens with one attached hydrogen (secondary N) is 1. The van der Waals surface area contributed by atoms with Crippen molar-refractivity contribution in [3.8, 4) is 0 Å². The van der Waals surface area contributed by atoms with Gasteiger partial charge < -0.3 is 5.73 Å². The molecule has 0 unspecified atom stereocenters. The summed E-state index contributed by atoms with van der Waals surface area (Å²) in [5.74, 6) is -0.184. The highest BCUT2D eigenvalue weighted by molar-refractivity contribution is 9.10. The number of nitrogens with two attached hydrogens (primary N) is 1. The van der Waals surface area contributed by atoms with Crippen LogP contribution in [0.1, 0.15) is 11.9 Å². The average molecular weight is 314 g/mol. The highest BCUT2D eigenvalue weighted by Gasteiger charge is 2.30. The van der Waals surface area contributed by atoms with Crippen LogP contribution in [-0.2, 0) is 15.6 Å². The van der Waals surface area contributed by atoms with Crippen LogP contribution in [0.3, 0.4) is 0 Å². The molecule has 1 aromatic heterocycles. The first-order valence-corrected chi connectivity index (χ1v) is 7.41. The number of halogens is 1. The molecule has 0 bridgehead atoms. The van der Waals surface area contributed by atoms with Gasteiger partial charge in [0, 0.05) is 5.38 Å². The molecule has 1 atom stereocenters. The van der Waals surface area contributed by atoms with Crippen molar-refractivity contribution < 1.29 is 8.42 Å². The van der Waals surface area contributed by atoms with E-state index >= 15 is 0 Å². The fraction of sp³-hybridized carbons (Fsp3) is 0.571. The normalized spacial score (nSPS) is 16.3. The van der Waals surface area contributed by atoms with Gasteiger partial charge in [-0.1, -0.05) is 0 Å². The third-order valence-corrected chi connectivity index (χ3v) is 5.20. The number of hydrogen-bond acceptors (Lipinski definition) is 5.